The van der Waals surface area contributed by atoms with Gasteiger partial charge in [-0.05, 0) is 37.8 Å². The van der Waals surface area contributed by atoms with Gasteiger partial charge in [-0.1, -0.05) is 6.07 Å². The third kappa shape index (κ3) is 2.68. The molecule has 0 atom stereocenters. The first-order valence-electron chi connectivity index (χ1n) is 7.32. The van der Waals surface area contributed by atoms with Crippen LogP contribution in [-0.4, -0.2) is 23.0 Å². The Hall–Kier alpha value is -2.17. The first-order valence-corrected chi connectivity index (χ1v) is 7.32. The number of hydrogen-bond donors (Lipinski definition) is 1. The van der Waals surface area contributed by atoms with Crippen molar-refractivity contribution >= 4 is 5.82 Å². The zero-order chi connectivity index (χ0) is 14.8. The zero-order valence-electron chi connectivity index (χ0n) is 12.5. The van der Waals surface area contributed by atoms with E-state index in [4.69, 9.17) is 15.2 Å². The quantitative estimate of drug-likeness (QED) is 0.939. The Morgan fingerprint density at radius 3 is 2.67 bits per heavy atom. The molecule has 1 aliphatic rings. The Balaban J connectivity index is 2.02. The largest absolute Gasteiger partial charge is 0.493 e. The number of nitrogens with zero attached hydrogens (tertiary/aromatic N) is 2. The van der Waals surface area contributed by atoms with Crippen molar-refractivity contribution in [2.75, 3.05) is 12.8 Å². The van der Waals surface area contributed by atoms with E-state index in [-0.39, 0.29) is 6.10 Å². The van der Waals surface area contributed by atoms with Crippen LogP contribution in [0.15, 0.2) is 24.3 Å². The summed E-state index contributed by atoms with van der Waals surface area (Å²) in [6.45, 7) is 0. The van der Waals surface area contributed by atoms with Crippen LogP contribution in [0.25, 0.3) is 11.3 Å². The van der Waals surface area contributed by atoms with Gasteiger partial charge in [-0.15, -0.1) is 0 Å². The topological polar surface area (TPSA) is 62.3 Å². The highest BCUT2D eigenvalue weighted by Gasteiger charge is 2.22. The standard InChI is InChI=1S/C16H21N3O2/c1-19-15(17)10-13(18-19)12-8-5-9-14(20-2)16(12)21-11-6-3-4-7-11/h5,8-11H,3-4,6-7,17H2,1-2H3. The summed E-state index contributed by atoms with van der Waals surface area (Å²) >= 11 is 0. The van der Waals surface area contributed by atoms with E-state index in [9.17, 15) is 0 Å². The van der Waals surface area contributed by atoms with Crippen molar-refractivity contribution in [1.29, 1.82) is 0 Å². The maximum absolute atomic E-state index is 6.22. The molecule has 1 aromatic carbocycles. The predicted molar refractivity (Wildman–Crippen MR) is 82.5 cm³/mol. The molecule has 0 radical (unpaired) electrons. The number of aryl methyl sites for hydroxylation is 1. The molecular formula is C16H21N3O2. The number of nitrogen functional groups attached to an aromatic ring is 1. The lowest BCUT2D eigenvalue weighted by molar-refractivity contribution is 0.202. The molecule has 5 heteroatoms. The van der Waals surface area contributed by atoms with Crippen LogP contribution in [0, 0.1) is 0 Å². The normalized spacial score (nSPS) is 15.3. The maximum Gasteiger partial charge on any atom is 0.171 e. The van der Waals surface area contributed by atoms with Gasteiger partial charge in [-0.25, -0.2) is 0 Å². The first-order chi connectivity index (χ1) is 10.2. The minimum absolute atomic E-state index is 0.265. The fourth-order valence-electron chi connectivity index (χ4n) is 2.79. The van der Waals surface area contributed by atoms with Gasteiger partial charge in [0.2, 0.25) is 0 Å². The highest BCUT2D eigenvalue weighted by molar-refractivity contribution is 5.72. The van der Waals surface area contributed by atoms with Crippen molar-refractivity contribution in [2.24, 2.45) is 7.05 Å². The van der Waals surface area contributed by atoms with Gasteiger partial charge in [-0.3, -0.25) is 4.68 Å². The van der Waals surface area contributed by atoms with Crippen LogP contribution in [0.1, 0.15) is 25.7 Å². The summed E-state index contributed by atoms with van der Waals surface area (Å²) in [7, 11) is 3.49. The van der Waals surface area contributed by atoms with Crippen LogP contribution in [0.2, 0.25) is 0 Å². The van der Waals surface area contributed by atoms with E-state index in [2.05, 4.69) is 5.10 Å². The second kappa shape index (κ2) is 5.68. The minimum atomic E-state index is 0.265. The van der Waals surface area contributed by atoms with Crippen molar-refractivity contribution in [1.82, 2.24) is 9.78 Å². The molecule has 1 heterocycles. The number of hydrogen-bond acceptors (Lipinski definition) is 4. The summed E-state index contributed by atoms with van der Waals surface area (Å²) < 4.78 is 13.3. The molecule has 1 fully saturated rings. The number of anilines is 1. The molecule has 0 aliphatic heterocycles. The monoisotopic (exact) mass is 287 g/mol. The summed E-state index contributed by atoms with van der Waals surface area (Å²) in [6, 6.07) is 7.71. The molecule has 0 unspecified atom stereocenters. The Kier molecular flexibility index (Phi) is 3.73. The third-order valence-corrected chi connectivity index (χ3v) is 3.98. The smallest absolute Gasteiger partial charge is 0.171 e. The number of methoxy groups -OCH3 is 1. The highest BCUT2D eigenvalue weighted by atomic mass is 16.5. The van der Waals surface area contributed by atoms with Gasteiger partial charge in [0.25, 0.3) is 0 Å². The van der Waals surface area contributed by atoms with Crippen LogP contribution in [0.3, 0.4) is 0 Å². The second-order valence-corrected chi connectivity index (χ2v) is 5.44. The number of nitrogens with two attached hydrogens (primary N) is 1. The van der Waals surface area contributed by atoms with E-state index in [0.717, 1.165) is 35.6 Å². The van der Waals surface area contributed by atoms with E-state index >= 15 is 0 Å². The molecule has 2 aromatic rings. The number of ether oxygens (including phenoxy) is 2. The van der Waals surface area contributed by atoms with E-state index < -0.39 is 0 Å². The van der Waals surface area contributed by atoms with E-state index in [1.807, 2.05) is 31.3 Å². The van der Waals surface area contributed by atoms with Gasteiger partial charge in [0.05, 0.1) is 18.9 Å². The lowest BCUT2D eigenvalue weighted by atomic mass is 10.1. The molecule has 3 rings (SSSR count). The van der Waals surface area contributed by atoms with Gasteiger partial charge in [0.1, 0.15) is 5.82 Å². The van der Waals surface area contributed by atoms with Crippen LogP contribution < -0.4 is 15.2 Å². The van der Waals surface area contributed by atoms with Crippen molar-refractivity contribution in [2.45, 2.75) is 31.8 Å². The van der Waals surface area contributed by atoms with Gasteiger partial charge in [0.15, 0.2) is 11.5 Å². The van der Waals surface area contributed by atoms with Gasteiger partial charge in [-0.2, -0.15) is 5.10 Å². The van der Waals surface area contributed by atoms with Gasteiger partial charge < -0.3 is 15.2 Å². The van der Waals surface area contributed by atoms with E-state index in [1.54, 1.807) is 11.8 Å². The van der Waals surface area contributed by atoms with Crippen molar-refractivity contribution < 1.29 is 9.47 Å². The molecule has 1 aliphatic carbocycles. The zero-order valence-corrected chi connectivity index (χ0v) is 12.5. The van der Waals surface area contributed by atoms with E-state index in [0.29, 0.717) is 5.82 Å². The summed E-state index contributed by atoms with van der Waals surface area (Å²) in [5.41, 5.74) is 7.62. The molecule has 1 aromatic heterocycles. The molecule has 5 nitrogen and oxygen atoms in total. The Labute approximate surface area is 124 Å². The average Bonchev–Trinajstić information content (AvgIpc) is 3.10. The predicted octanol–water partition coefficient (Wildman–Crippen LogP) is 3.00. The molecule has 1 saturated carbocycles. The molecule has 0 spiro atoms. The molecular weight excluding hydrogens is 266 g/mol. The second-order valence-electron chi connectivity index (χ2n) is 5.44. The summed E-state index contributed by atoms with van der Waals surface area (Å²) in [4.78, 5) is 0. The Bertz CT molecular complexity index is 611. The number of rotatable bonds is 4. The molecule has 112 valence electrons. The summed E-state index contributed by atoms with van der Waals surface area (Å²) in [6.07, 6.45) is 4.92. The first kappa shape index (κ1) is 13.8. The minimum Gasteiger partial charge on any atom is -0.493 e. The molecule has 0 saturated heterocycles. The lowest BCUT2D eigenvalue weighted by Crippen LogP contribution is -2.12. The summed E-state index contributed by atoms with van der Waals surface area (Å²) in [5, 5.41) is 4.45. The van der Waals surface area contributed by atoms with Crippen LogP contribution in [0.5, 0.6) is 11.5 Å². The van der Waals surface area contributed by atoms with Crippen molar-refractivity contribution in [3.05, 3.63) is 24.3 Å². The Morgan fingerprint density at radius 2 is 2.05 bits per heavy atom. The fraction of sp³-hybridized carbons (Fsp3) is 0.438. The van der Waals surface area contributed by atoms with Gasteiger partial charge in [0, 0.05) is 18.7 Å². The van der Waals surface area contributed by atoms with Crippen LogP contribution in [0.4, 0.5) is 5.82 Å². The third-order valence-electron chi connectivity index (χ3n) is 3.98. The summed E-state index contributed by atoms with van der Waals surface area (Å²) in [5.74, 6) is 2.13. The average molecular weight is 287 g/mol. The van der Waals surface area contributed by atoms with Crippen molar-refractivity contribution in [3.63, 3.8) is 0 Å². The van der Waals surface area contributed by atoms with Crippen LogP contribution in [-0.2, 0) is 7.05 Å². The maximum atomic E-state index is 6.22. The molecule has 21 heavy (non-hydrogen) atoms. The van der Waals surface area contributed by atoms with Gasteiger partial charge >= 0.3 is 0 Å². The number of benzene rings is 1. The molecule has 2 N–H and O–H groups in total. The highest BCUT2D eigenvalue weighted by Crippen LogP contribution is 2.40. The molecule has 0 amide bonds. The van der Waals surface area contributed by atoms with Crippen molar-refractivity contribution in [3.8, 4) is 22.8 Å². The lowest BCUT2D eigenvalue weighted by Gasteiger charge is -2.18. The van der Waals surface area contributed by atoms with E-state index in [1.165, 1.54) is 12.8 Å². The number of aromatic nitrogens is 2. The number of para-hydroxylation sites is 1. The molecule has 0 bridgehead atoms. The van der Waals surface area contributed by atoms with Crippen LogP contribution >= 0.6 is 0 Å². The fourth-order valence-corrected chi connectivity index (χ4v) is 2.79. The Morgan fingerprint density at radius 1 is 1.29 bits per heavy atom. The SMILES string of the molecule is COc1cccc(-c2cc(N)n(C)n2)c1OC1CCCC1.